The first kappa shape index (κ1) is 18.5. The van der Waals surface area contributed by atoms with Crippen LogP contribution in [0.2, 0.25) is 0 Å². The molecule has 4 rings (SSSR count). The highest BCUT2D eigenvalue weighted by Gasteiger charge is 2.19. The summed E-state index contributed by atoms with van der Waals surface area (Å²) in [7, 11) is 0. The number of rotatable bonds is 5. The van der Waals surface area contributed by atoms with Gasteiger partial charge in [-0.2, -0.15) is 5.26 Å². The summed E-state index contributed by atoms with van der Waals surface area (Å²) in [5.41, 5.74) is 1.85. The zero-order valence-corrected chi connectivity index (χ0v) is 16.5. The average Bonchev–Trinajstić information content (AvgIpc) is 2.89. The van der Waals surface area contributed by atoms with Crippen LogP contribution in [0.3, 0.4) is 0 Å². The molecule has 0 saturated carbocycles. The summed E-state index contributed by atoms with van der Waals surface area (Å²) in [6.45, 7) is 2.29. The molecule has 0 spiro atoms. The number of thiophene rings is 1. The molecule has 0 amide bonds. The number of hydrogen-bond acceptors (Lipinski definition) is 6. The standard InChI is InChI=1S/C21H21N3O3S/c1-2-26-16-12-13(8-9-15(16)27-11-10-22)19-23-20(25)18-14-6-4-3-5-7-17(14)28-21(18)24-19/h8-9,12H,2-7,11H2,1H3,(H,23,24,25). The first-order valence-electron chi connectivity index (χ1n) is 9.52. The Kier molecular flexibility index (Phi) is 5.31. The van der Waals surface area contributed by atoms with E-state index in [4.69, 9.17) is 19.7 Å². The lowest BCUT2D eigenvalue weighted by molar-refractivity contribution is 0.299. The van der Waals surface area contributed by atoms with E-state index in [0.717, 1.165) is 35.0 Å². The second kappa shape index (κ2) is 8.03. The van der Waals surface area contributed by atoms with E-state index in [0.29, 0.717) is 23.9 Å². The summed E-state index contributed by atoms with van der Waals surface area (Å²) in [6.07, 6.45) is 5.50. The fourth-order valence-electron chi connectivity index (χ4n) is 3.63. The van der Waals surface area contributed by atoms with Crippen molar-refractivity contribution in [1.82, 2.24) is 9.97 Å². The Balaban J connectivity index is 1.78. The number of hydrogen-bond donors (Lipinski definition) is 1. The van der Waals surface area contributed by atoms with Crippen LogP contribution in [-0.2, 0) is 12.8 Å². The first-order chi connectivity index (χ1) is 13.7. The van der Waals surface area contributed by atoms with E-state index < -0.39 is 0 Å². The molecule has 0 unspecified atom stereocenters. The molecular weight excluding hydrogens is 374 g/mol. The lowest BCUT2D eigenvalue weighted by Crippen LogP contribution is -2.10. The number of aromatic amines is 1. The lowest BCUT2D eigenvalue weighted by Gasteiger charge is -2.11. The summed E-state index contributed by atoms with van der Waals surface area (Å²) < 4.78 is 11.1. The minimum absolute atomic E-state index is 0.0544. The molecule has 0 fully saturated rings. The normalized spacial score (nSPS) is 13.6. The van der Waals surface area contributed by atoms with Gasteiger partial charge < -0.3 is 14.5 Å². The number of nitrogens with one attached hydrogen (secondary N) is 1. The highest BCUT2D eigenvalue weighted by Crippen LogP contribution is 2.35. The van der Waals surface area contributed by atoms with Gasteiger partial charge in [-0.15, -0.1) is 11.3 Å². The molecular formula is C21H21N3O3S. The largest absolute Gasteiger partial charge is 0.490 e. The Labute approximate surface area is 166 Å². The molecule has 0 bridgehead atoms. The first-order valence-corrected chi connectivity index (χ1v) is 10.3. The zero-order valence-electron chi connectivity index (χ0n) is 15.7. The number of fused-ring (bicyclic) bond motifs is 3. The van der Waals surface area contributed by atoms with Crippen LogP contribution < -0.4 is 15.0 Å². The van der Waals surface area contributed by atoms with E-state index in [1.165, 1.54) is 23.3 Å². The number of ether oxygens (including phenoxy) is 2. The Hall–Kier alpha value is -2.85. The van der Waals surface area contributed by atoms with Gasteiger partial charge in [-0.05, 0) is 56.4 Å². The zero-order chi connectivity index (χ0) is 19.5. The smallest absolute Gasteiger partial charge is 0.260 e. The highest BCUT2D eigenvalue weighted by molar-refractivity contribution is 7.18. The third-order valence-electron chi connectivity index (χ3n) is 4.88. The van der Waals surface area contributed by atoms with Crippen LogP contribution in [0.25, 0.3) is 21.6 Å². The average molecular weight is 395 g/mol. The maximum Gasteiger partial charge on any atom is 0.260 e. The SMILES string of the molecule is CCOc1cc(-c2nc3sc4c(c3c(=O)[nH]2)CCCCC4)ccc1OCC#N. The van der Waals surface area contributed by atoms with Crippen LogP contribution in [0.5, 0.6) is 11.5 Å². The van der Waals surface area contributed by atoms with Crippen LogP contribution in [0.15, 0.2) is 23.0 Å². The molecule has 1 N–H and O–H groups in total. The van der Waals surface area contributed by atoms with E-state index in [1.54, 1.807) is 23.5 Å². The molecule has 7 heteroatoms. The van der Waals surface area contributed by atoms with Crippen molar-refractivity contribution in [2.45, 2.75) is 39.0 Å². The van der Waals surface area contributed by atoms with E-state index in [1.807, 2.05) is 19.1 Å². The third-order valence-corrected chi connectivity index (χ3v) is 6.07. The highest BCUT2D eigenvalue weighted by atomic mass is 32.1. The van der Waals surface area contributed by atoms with Crippen LogP contribution in [0, 0.1) is 11.3 Å². The molecule has 3 aromatic rings. The maximum absolute atomic E-state index is 12.9. The number of H-pyrrole nitrogens is 1. The van der Waals surface area contributed by atoms with E-state index in [-0.39, 0.29) is 12.2 Å². The molecule has 0 aliphatic heterocycles. The van der Waals surface area contributed by atoms with Crippen LogP contribution in [0.4, 0.5) is 0 Å². The van der Waals surface area contributed by atoms with Gasteiger partial charge in [-0.1, -0.05) is 6.42 Å². The molecule has 0 atom stereocenters. The minimum atomic E-state index is -0.0813. The van der Waals surface area contributed by atoms with Gasteiger partial charge in [-0.3, -0.25) is 4.79 Å². The Morgan fingerprint density at radius 2 is 2.07 bits per heavy atom. The molecule has 6 nitrogen and oxygen atoms in total. The minimum Gasteiger partial charge on any atom is -0.490 e. The fraction of sp³-hybridized carbons (Fsp3) is 0.381. The van der Waals surface area contributed by atoms with Gasteiger partial charge in [0, 0.05) is 10.4 Å². The summed E-state index contributed by atoms with van der Waals surface area (Å²) in [5, 5.41) is 9.49. The molecule has 1 aromatic carbocycles. The Morgan fingerprint density at radius 3 is 2.89 bits per heavy atom. The van der Waals surface area contributed by atoms with Crippen LogP contribution >= 0.6 is 11.3 Å². The topological polar surface area (TPSA) is 88.0 Å². The van der Waals surface area contributed by atoms with Gasteiger partial charge in [0.15, 0.2) is 18.1 Å². The van der Waals surface area contributed by atoms with Gasteiger partial charge >= 0.3 is 0 Å². The van der Waals surface area contributed by atoms with E-state index in [2.05, 4.69) is 4.98 Å². The van der Waals surface area contributed by atoms with Crippen molar-refractivity contribution in [3.05, 3.63) is 39.0 Å². The monoisotopic (exact) mass is 395 g/mol. The van der Waals surface area contributed by atoms with Crippen molar-refractivity contribution in [1.29, 1.82) is 5.26 Å². The molecule has 0 radical (unpaired) electrons. The van der Waals surface area contributed by atoms with Crippen molar-refractivity contribution in [2.24, 2.45) is 0 Å². The van der Waals surface area contributed by atoms with Crippen LogP contribution in [0.1, 0.15) is 36.6 Å². The van der Waals surface area contributed by atoms with Gasteiger partial charge in [0.2, 0.25) is 0 Å². The van der Waals surface area contributed by atoms with Crippen molar-refractivity contribution in [3.8, 4) is 29.0 Å². The third kappa shape index (κ3) is 3.48. The molecule has 1 aliphatic rings. The molecule has 0 saturated heterocycles. The predicted octanol–water partition coefficient (Wildman–Crippen LogP) is 4.22. The molecule has 2 aromatic heterocycles. The van der Waals surface area contributed by atoms with Gasteiger partial charge in [0.05, 0.1) is 12.0 Å². The van der Waals surface area contributed by atoms with Crippen molar-refractivity contribution < 1.29 is 9.47 Å². The Bertz CT molecular complexity index is 1110. The molecule has 1 aliphatic carbocycles. The summed E-state index contributed by atoms with van der Waals surface area (Å²) in [5.74, 6) is 1.54. The molecule has 2 heterocycles. The second-order valence-electron chi connectivity index (χ2n) is 6.70. The molecule has 144 valence electrons. The maximum atomic E-state index is 12.9. The summed E-state index contributed by atoms with van der Waals surface area (Å²) in [4.78, 5) is 22.7. The van der Waals surface area contributed by atoms with E-state index >= 15 is 0 Å². The van der Waals surface area contributed by atoms with Crippen molar-refractivity contribution in [2.75, 3.05) is 13.2 Å². The van der Waals surface area contributed by atoms with Crippen molar-refractivity contribution in [3.63, 3.8) is 0 Å². The van der Waals surface area contributed by atoms with Crippen molar-refractivity contribution >= 4 is 21.6 Å². The number of aromatic nitrogens is 2. The predicted molar refractivity (Wildman–Crippen MR) is 109 cm³/mol. The second-order valence-corrected chi connectivity index (χ2v) is 7.78. The van der Waals surface area contributed by atoms with E-state index in [9.17, 15) is 4.79 Å². The van der Waals surface area contributed by atoms with Gasteiger partial charge in [0.1, 0.15) is 16.7 Å². The lowest BCUT2D eigenvalue weighted by atomic mass is 10.1. The number of benzene rings is 1. The summed E-state index contributed by atoms with van der Waals surface area (Å²) in [6, 6.07) is 7.30. The number of aryl methyl sites for hydroxylation is 2. The van der Waals surface area contributed by atoms with Gasteiger partial charge in [-0.25, -0.2) is 4.98 Å². The fourth-order valence-corrected chi connectivity index (χ4v) is 4.89. The molecule has 28 heavy (non-hydrogen) atoms. The number of nitriles is 1. The van der Waals surface area contributed by atoms with Crippen LogP contribution in [-0.4, -0.2) is 23.2 Å². The summed E-state index contributed by atoms with van der Waals surface area (Å²) >= 11 is 1.64. The number of nitrogens with zero attached hydrogens (tertiary/aromatic N) is 2. The Morgan fingerprint density at radius 1 is 1.21 bits per heavy atom. The quantitative estimate of drug-likeness (QED) is 0.654. The van der Waals surface area contributed by atoms with Gasteiger partial charge in [0.25, 0.3) is 5.56 Å².